The number of carbonyl (C=O) groups is 1. The molecule has 7 heteroatoms. The third-order valence-corrected chi connectivity index (χ3v) is 2.87. The summed E-state index contributed by atoms with van der Waals surface area (Å²) < 4.78 is 4.65. The summed E-state index contributed by atoms with van der Waals surface area (Å²) in [4.78, 5) is 27.8. The predicted octanol–water partition coefficient (Wildman–Crippen LogP) is 1.13. The van der Waals surface area contributed by atoms with Gasteiger partial charge in [-0.2, -0.15) is 0 Å². The Morgan fingerprint density at radius 1 is 1.20 bits per heavy atom. The van der Waals surface area contributed by atoms with Crippen LogP contribution < -0.4 is 5.32 Å². The van der Waals surface area contributed by atoms with E-state index in [1.165, 1.54) is 19.8 Å². The molecule has 0 spiro atoms. The molecule has 0 radical (unpaired) electrons. The molecule has 0 fully saturated rings. The molecule has 2 heterocycles. The van der Waals surface area contributed by atoms with E-state index < -0.39 is 0 Å². The van der Waals surface area contributed by atoms with Gasteiger partial charge in [-0.05, 0) is 24.3 Å². The van der Waals surface area contributed by atoms with Gasteiger partial charge in [0, 0.05) is 5.69 Å². The summed E-state index contributed by atoms with van der Waals surface area (Å²) in [6.45, 7) is 0. The molecule has 1 atom stereocenters. The van der Waals surface area contributed by atoms with E-state index in [1.807, 2.05) is 0 Å². The number of hydrogen-bond donors (Lipinski definition) is 1. The van der Waals surface area contributed by atoms with E-state index in [-0.39, 0.29) is 12.0 Å². The first-order valence-corrected chi connectivity index (χ1v) is 5.93. The van der Waals surface area contributed by atoms with Crippen molar-refractivity contribution >= 4 is 36.0 Å². The summed E-state index contributed by atoms with van der Waals surface area (Å²) in [5.41, 5.74) is 1.29. The van der Waals surface area contributed by atoms with E-state index in [2.05, 4.69) is 30.0 Å². The minimum absolute atomic E-state index is 0.278. The molecule has 0 saturated heterocycles. The van der Waals surface area contributed by atoms with Crippen LogP contribution in [0.5, 0.6) is 0 Å². The molecule has 2 aliphatic rings. The minimum Gasteiger partial charge on any atom is -0.465 e. The Labute approximate surface area is 114 Å². The van der Waals surface area contributed by atoms with Crippen molar-refractivity contribution in [1.82, 2.24) is 0 Å². The number of nitrogens with one attached hydrogen (secondary N) is 1. The highest BCUT2D eigenvalue weighted by Gasteiger charge is 2.26. The van der Waals surface area contributed by atoms with Crippen molar-refractivity contribution in [2.45, 2.75) is 6.04 Å². The highest BCUT2D eigenvalue weighted by molar-refractivity contribution is 6.23. The normalized spacial score (nSPS) is 19.1. The molecule has 0 aliphatic carbocycles. The Hall–Kier alpha value is -2.83. The Morgan fingerprint density at radius 3 is 2.75 bits per heavy atom. The van der Waals surface area contributed by atoms with Crippen LogP contribution in [0.1, 0.15) is 10.4 Å². The fraction of sp³-hybridized carbons (Fsp3) is 0.154. The Kier molecular flexibility index (Phi) is 3.08. The third kappa shape index (κ3) is 2.20. The summed E-state index contributed by atoms with van der Waals surface area (Å²) in [6, 6.07) is 6.63. The van der Waals surface area contributed by atoms with Gasteiger partial charge in [0.1, 0.15) is 18.5 Å². The van der Waals surface area contributed by atoms with Crippen LogP contribution >= 0.6 is 0 Å². The number of amidine groups is 2. The maximum absolute atomic E-state index is 11.3. The first-order chi connectivity index (χ1) is 9.78. The third-order valence-electron chi connectivity index (χ3n) is 2.87. The van der Waals surface area contributed by atoms with Crippen LogP contribution in [0.15, 0.2) is 44.2 Å². The molecule has 0 amide bonds. The van der Waals surface area contributed by atoms with Crippen LogP contribution in [0, 0.1) is 0 Å². The summed E-state index contributed by atoms with van der Waals surface area (Å²) in [6.07, 6.45) is 2.91. The molecule has 1 aromatic rings. The summed E-state index contributed by atoms with van der Waals surface area (Å²) in [5.74, 6) is 0.903. The average molecular weight is 269 g/mol. The van der Waals surface area contributed by atoms with Gasteiger partial charge >= 0.3 is 5.97 Å². The number of rotatable bonds is 2. The van der Waals surface area contributed by atoms with Gasteiger partial charge in [0.15, 0.2) is 11.9 Å². The van der Waals surface area contributed by atoms with Gasteiger partial charge in [-0.25, -0.2) is 19.8 Å². The van der Waals surface area contributed by atoms with Gasteiger partial charge in [0.25, 0.3) is 0 Å². The molecule has 0 bridgehead atoms. The number of esters is 1. The van der Waals surface area contributed by atoms with Crippen molar-refractivity contribution < 1.29 is 9.53 Å². The minimum atomic E-state index is -0.367. The Balaban J connectivity index is 1.77. The zero-order valence-corrected chi connectivity index (χ0v) is 10.6. The molecule has 1 N–H and O–H groups in total. The molecule has 7 nitrogen and oxygen atoms in total. The van der Waals surface area contributed by atoms with E-state index in [9.17, 15) is 4.79 Å². The lowest BCUT2D eigenvalue weighted by atomic mass is 10.2. The number of anilines is 1. The highest BCUT2D eigenvalue weighted by atomic mass is 16.5. The van der Waals surface area contributed by atoms with Crippen LogP contribution in [-0.2, 0) is 4.74 Å². The van der Waals surface area contributed by atoms with Crippen LogP contribution in [0.25, 0.3) is 0 Å². The number of fused-ring (bicyclic) bond motifs is 1. The van der Waals surface area contributed by atoms with Crippen LogP contribution in [-0.4, -0.2) is 43.5 Å². The van der Waals surface area contributed by atoms with Crippen LogP contribution in [0.4, 0.5) is 5.69 Å². The van der Waals surface area contributed by atoms with Gasteiger partial charge in [-0.1, -0.05) is 0 Å². The van der Waals surface area contributed by atoms with E-state index in [0.29, 0.717) is 17.2 Å². The Bertz CT molecular complexity index is 658. The molecule has 3 rings (SSSR count). The fourth-order valence-electron chi connectivity index (χ4n) is 1.87. The number of ether oxygens (including phenoxy) is 1. The second kappa shape index (κ2) is 5.04. The van der Waals surface area contributed by atoms with Crippen molar-refractivity contribution in [2.24, 2.45) is 20.0 Å². The van der Waals surface area contributed by atoms with Crippen molar-refractivity contribution in [2.75, 3.05) is 12.4 Å². The van der Waals surface area contributed by atoms with Crippen molar-refractivity contribution in [1.29, 1.82) is 0 Å². The van der Waals surface area contributed by atoms with E-state index in [0.717, 1.165) is 5.69 Å². The van der Waals surface area contributed by atoms with E-state index in [1.54, 1.807) is 24.3 Å². The zero-order valence-electron chi connectivity index (χ0n) is 10.6. The van der Waals surface area contributed by atoms with Crippen LogP contribution in [0.3, 0.4) is 0 Å². The second-order valence-electron chi connectivity index (χ2n) is 4.11. The maximum atomic E-state index is 11.3. The van der Waals surface area contributed by atoms with E-state index >= 15 is 0 Å². The Morgan fingerprint density at radius 2 is 2.00 bits per heavy atom. The van der Waals surface area contributed by atoms with Crippen LogP contribution in [0.2, 0.25) is 0 Å². The van der Waals surface area contributed by atoms with Gasteiger partial charge in [-0.3, -0.25) is 4.99 Å². The highest BCUT2D eigenvalue weighted by Crippen LogP contribution is 2.15. The quantitative estimate of drug-likeness (QED) is 0.816. The molecule has 0 saturated carbocycles. The number of benzene rings is 1. The molecule has 20 heavy (non-hydrogen) atoms. The van der Waals surface area contributed by atoms with Gasteiger partial charge < -0.3 is 10.1 Å². The summed E-state index contributed by atoms with van der Waals surface area (Å²) >= 11 is 0. The second-order valence-corrected chi connectivity index (χ2v) is 4.11. The number of hydrogen-bond acceptors (Lipinski definition) is 7. The van der Waals surface area contributed by atoms with Crippen molar-refractivity contribution in [3.05, 3.63) is 29.8 Å². The molecular formula is C13H11N5O2. The fourth-order valence-corrected chi connectivity index (χ4v) is 1.87. The first-order valence-electron chi connectivity index (χ1n) is 5.93. The SMILES string of the molecule is COC(=O)c1ccc(NC2=NC=NC3=NC=NC32)cc1. The standard InChI is InChI=1S/C13H11N5O2/c1-20-13(19)8-2-4-9(5-3-8)18-12-10-11(15-6-14-10)16-7-17-12/h2-7,10H,1H3,(H,14,15,16,17,18). The summed E-state index contributed by atoms with van der Waals surface area (Å²) in [5, 5.41) is 3.15. The van der Waals surface area contributed by atoms with Gasteiger partial charge in [0.2, 0.25) is 0 Å². The number of aliphatic imine (C=N–C) groups is 4. The first kappa shape index (κ1) is 12.2. The lowest BCUT2D eigenvalue weighted by Gasteiger charge is -2.16. The topological polar surface area (TPSA) is 87.8 Å². The predicted molar refractivity (Wildman–Crippen MR) is 77.0 cm³/mol. The molecular weight excluding hydrogens is 258 g/mol. The lowest BCUT2D eigenvalue weighted by molar-refractivity contribution is 0.0601. The monoisotopic (exact) mass is 269 g/mol. The molecule has 2 aliphatic heterocycles. The lowest BCUT2D eigenvalue weighted by Crippen LogP contribution is -2.33. The molecule has 100 valence electrons. The number of methoxy groups -OCH3 is 1. The van der Waals surface area contributed by atoms with Gasteiger partial charge in [-0.15, -0.1) is 0 Å². The van der Waals surface area contributed by atoms with Gasteiger partial charge in [0.05, 0.1) is 12.7 Å². The number of carbonyl (C=O) groups excluding carboxylic acids is 1. The molecule has 0 aromatic heterocycles. The molecule has 1 aromatic carbocycles. The smallest absolute Gasteiger partial charge is 0.337 e. The zero-order chi connectivity index (χ0) is 13.9. The average Bonchev–Trinajstić information content (AvgIpc) is 2.97. The van der Waals surface area contributed by atoms with Crippen molar-refractivity contribution in [3.8, 4) is 0 Å². The number of nitrogens with zero attached hydrogens (tertiary/aromatic N) is 4. The largest absolute Gasteiger partial charge is 0.465 e. The summed E-state index contributed by atoms with van der Waals surface area (Å²) in [7, 11) is 1.35. The maximum Gasteiger partial charge on any atom is 0.337 e. The van der Waals surface area contributed by atoms with Crippen molar-refractivity contribution in [3.63, 3.8) is 0 Å². The van der Waals surface area contributed by atoms with E-state index in [4.69, 9.17) is 0 Å². The molecule has 1 unspecified atom stereocenters.